The third kappa shape index (κ3) is 2.84. The highest BCUT2D eigenvalue weighted by Gasteiger charge is 2.26. The number of carbonyl (C=O) groups is 1. The predicted octanol–water partition coefficient (Wildman–Crippen LogP) is 3.61. The maximum atomic E-state index is 13.5. The predicted molar refractivity (Wildman–Crippen MR) is 95.1 cm³/mol. The van der Waals surface area contributed by atoms with Crippen molar-refractivity contribution in [1.82, 2.24) is 9.55 Å². The number of carbonyl (C=O) groups excluding carboxylic acids is 1. The number of anilines is 1. The number of rotatable bonds is 2. The van der Waals surface area contributed by atoms with Crippen LogP contribution in [-0.4, -0.2) is 22.0 Å². The van der Waals surface area contributed by atoms with Crippen LogP contribution in [0, 0.1) is 17.1 Å². The molecule has 1 aliphatic rings. The average Bonchev–Trinajstić information content (AvgIpc) is 3.12. The molecular weight excluding hydrogens is 331 g/mol. The second kappa shape index (κ2) is 6.45. The van der Waals surface area contributed by atoms with Crippen molar-refractivity contribution >= 4 is 11.9 Å². The zero-order valence-corrected chi connectivity index (χ0v) is 13.9. The van der Waals surface area contributed by atoms with Gasteiger partial charge in [0.25, 0.3) is 5.91 Å². The maximum absolute atomic E-state index is 13.5. The first-order chi connectivity index (χ1) is 12.7. The van der Waals surface area contributed by atoms with Crippen molar-refractivity contribution in [1.29, 1.82) is 5.26 Å². The zero-order chi connectivity index (χ0) is 18.1. The summed E-state index contributed by atoms with van der Waals surface area (Å²) in [5, 5.41) is 9.08. The van der Waals surface area contributed by atoms with Gasteiger partial charge in [-0.3, -0.25) is 9.69 Å². The SMILES string of the molecule is N#Cc1cccc(-c2cn3c(n2)N(C(=O)c2cccc(F)c2)CCC3)c1. The summed E-state index contributed by atoms with van der Waals surface area (Å²) in [5.41, 5.74) is 2.38. The van der Waals surface area contributed by atoms with E-state index in [1.54, 1.807) is 23.1 Å². The minimum Gasteiger partial charge on any atom is -0.316 e. The monoisotopic (exact) mass is 346 g/mol. The number of imidazole rings is 1. The standard InChI is InChI=1S/C20H15FN4O/c21-17-7-2-6-16(11-17)19(26)25-9-3-8-24-13-18(23-20(24)25)15-5-1-4-14(10-15)12-22/h1-2,4-7,10-11,13H,3,8-9H2. The highest BCUT2D eigenvalue weighted by atomic mass is 19.1. The van der Waals surface area contributed by atoms with Crippen molar-refractivity contribution in [3.05, 3.63) is 71.7 Å². The lowest BCUT2D eigenvalue weighted by atomic mass is 10.1. The Balaban J connectivity index is 1.72. The minimum atomic E-state index is -0.440. The number of hydrogen-bond acceptors (Lipinski definition) is 3. The lowest BCUT2D eigenvalue weighted by molar-refractivity contribution is 0.0980. The van der Waals surface area contributed by atoms with E-state index in [1.807, 2.05) is 22.9 Å². The molecule has 6 heteroatoms. The first kappa shape index (κ1) is 16.0. The Morgan fingerprint density at radius 2 is 2.00 bits per heavy atom. The quantitative estimate of drug-likeness (QED) is 0.712. The molecule has 0 saturated heterocycles. The Morgan fingerprint density at radius 3 is 2.81 bits per heavy atom. The third-order valence-electron chi connectivity index (χ3n) is 4.38. The van der Waals surface area contributed by atoms with Gasteiger partial charge in [-0.25, -0.2) is 9.37 Å². The molecule has 0 aliphatic carbocycles. The topological polar surface area (TPSA) is 61.9 Å². The molecule has 0 unspecified atom stereocenters. The molecule has 2 heterocycles. The van der Waals surface area contributed by atoms with E-state index in [1.165, 1.54) is 18.2 Å². The number of fused-ring (bicyclic) bond motifs is 1. The Labute approximate surface area is 149 Å². The number of benzene rings is 2. The van der Waals surface area contributed by atoms with Crippen molar-refractivity contribution in [3.63, 3.8) is 0 Å². The van der Waals surface area contributed by atoms with E-state index in [4.69, 9.17) is 5.26 Å². The van der Waals surface area contributed by atoms with Crippen molar-refractivity contribution < 1.29 is 9.18 Å². The smallest absolute Gasteiger partial charge is 0.260 e. The largest absolute Gasteiger partial charge is 0.316 e. The van der Waals surface area contributed by atoms with Crippen LogP contribution in [0.4, 0.5) is 10.3 Å². The van der Waals surface area contributed by atoms with Crippen LogP contribution in [-0.2, 0) is 6.54 Å². The lowest BCUT2D eigenvalue weighted by Gasteiger charge is -2.27. The number of amides is 1. The normalized spacial score (nSPS) is 13.2. The number of hydrogen-bond donors (Lipinski definition) is 0. The molecule has 0 bridgehead atoms. The van der Waals surface area contributed by atoms with E-state index in [9.17, 15) is 9.18 Å². The van der Waals surface area contributed by atoms with Crippen LogP contribution in [0.25, 0.3) is 11.3 Å². The Morgan fingerprint density at radius 1 is 1.15 bits per heavy atom. The molecule has 0 fully saturated rings. The fourth-order valence-electron chi connectivity index (χ4n) is 3.14. The molecule has 2 aromatic carbocycles. The van der Waals surface area contributed by atoms with Gasteiger partial charge in [-0.05, 0) is 36.8 Å². The molecule has 26 heavy (non-hydrogen) atoms. The van der Waals surface area contributed by atoms with Crippen LogP contribution < -0.4 is 4.90 Å². The van der Waals surface area contributed by atoms with Gasteiger partial charge in [-0.1, -0.05) is 18.2 Å². The van der Waals surface area contributed by atoms with E-state index in [-0.39, 0.29) is 5.91 Å². The number of aryl methyl sites for hydroxylation is 1. The molecule has 0 saturated carbocycles. The highest BCUT2D eigenvalue weighted by Crippen LogP contribution is 2.28. The highest BCUT2D eigenvalue weighted by molar-refractivity contribution is 6.05. The summed E-state index contributed by atoms with van der Waals surface area (Å²) in [6.07, 6.45) is 2.68. The van der Waals surface area contributed by atoms with Crippen LogP contribution in [0.2, 0.25) is 0 Å². The van der Waals surface area contributed by atoms with Crippen molar-refractivity contribution in [2.45, 2.75) is 13.0 Å². The van der Waals surface area contributed by atoms with Gasteiger partial charge in [0.05, 0.1) is 17.3 Å². The van der Waals surface area contributed by atoms with E-state index in [2.05, 4.69) is 11.1 Å². The van der Waals surface area contributed by atoms with Gasteiger partial charge in [-0.15, -0.1) is 0 Å². The van der Waals surface area contributed by atoms with Crippen LogP contribution >= 0.6 is 0 Å². The molecule has 128 valence electrons. The maximum Gasteiger partial charge on any atom is 0.260 e. The second-order valence-electron chi connectivity index (χ2n) is 6.13. The van der Waals surface area contributed by atoms with Crippen molar-refractivity contribution in [3.8, 4) is 17.3 Å². The number of nitriles is 1. The summed E-state index contributed by atoms with van der Waals surface area (Å²) in [6.45, 7) is 1.29. The second-order valence-corrected chi connectivity index (χ2v) is 6.13. The van der Waals surface area contributed by atoms with Crippen LogP contribution in [0.1, 0.15) is 22.3 Å². The summed E-state index contributed by atoms with van der Waals surface area (Å²) < 4.78 is 15.4. The number of aromatic nitrogens is 2. The molecule has 1 aliphatic heterocycles. The molecule has 0 radical (unpaired) electrons. The molecule has 0 N–H and O–H groups in total. The van der Waals surface area contributed by atoms with E-state index in [0.717, 1.165) is 18.5 Å². The van der Waals surface area contributed by atoms with Gasteiger partial charge in [0.15, 0.2) is 0 Å². The molecule has 5 nitrogen and oxygen atoms in total. The molecule has 3 aromatic rings. The zero-order valence-electron chi connectivity index (χ0n) is 13.9. The molecule has 0 spiro atoms. The van der Waals surface area contributed by atoms with Gasteiger partial charge in [0, 0.05) is 30.4 Å². The summed E-state index contributed by atoms with van der Waals surface area (Å²) in [4.78, 5) is 19.0. The molecular formula is C20H15FN4O. The Kier molecular flexibility index (Phi) is 3.98. The average molecular weight is 346 g/mol. The van der Waals surface area contributed by atoms with E-state index < -0.39 is 5.82 Å². The third-order valence-corrected chi connectivity index (χ3v) is 4.38. The van der Waals surface area contributed by atoms with Crippen molar-refractivity contribution in [2.24, 2.45) is 0 Å². The Hall–Kier alpha value is -3.46. The van der Waals surface area contributed by atoms with Gasteiger partial charge >= 0.3 is 0 Å². The van der Waals surface area contributed by atoms with Gasteiger partial charge in [-0.2, -0.15) is 5.26 Å². The van der Waals surface area contributed by atoms with Gasteiger partial charge < -0.3 is 4.57 Å². The van der Waals surface area contributed by atoms with Crippen LogP contribution in [0.5, 0.6) is 0 Å². The first-order valence-corrected chi connectivity index (χ1v) is 8.31. The molecule has 4 rings (SSSR count). The minimum absolute atomic E-state index is 0.270. The lowest BCUT2D eigenvalue weighted by Crippen LogP contribution is -2.37. The summed E-state index contributed by atoms with van der Waals surface area (Å²) in [5.74, 6) is -0.165. The van der Waals surface area contributed by atoms with Crippen molar-refractivity contribution in [2.75, 3.05) is 11.4 Å². The fraction of sp³-hybridized carbons (Fsp3) is 0.150. The number of halogens is 1. The molecule has 1 aromatic heterocycles. The van der Waals surface area contributed by atoms with E-state index >= 15 is 0 Å². The molecule has 0 atom stereocenters. The van der Waals surface area contributed by atoms with E-state index in [0.29, 0.717) is 29.3 Å². The first-order valence-electron chi connectivity index (χ1n) is 8.31. The summed E-state index contributed by atoms with van der Waals surface area (Å²) in [6, 6.07) is 15.0. The van der Waals surface area contributed by atoms with Gasteiger partial charge in [0.2, 0.25) is 5.95 Å². The fourth-order valence-corrected chi connectivity index (χ4v) is 3.14. The Bertz CT molecular complexity index is 1030. The molecule has 1 amide bonds. The van der Waals surface area contributed by atoms with Crippen LogP contribution in [0.3, 0.4) is 0 Å². The van der Waals surface area contributed by atoms with Gasteiger partial charge in [0.1, 0.15) is 5.82 Å². The van der Waals surface area contributed by atoms with Crippen LogP contribution in [0.15, 0.2) is 54.7 Å². The number of nitrogens with zero attached hydrogens (tertiary/aromatic N) is 4. The summed E-state index contributed by atoms with van der Waals surface area (Å²) in [7, 11) is 0. The summed E-state index contributed by atoms with van der Waals surface area (Å²) >= 11 is 0.